The summed E-state index contributed by atoms with van der Waals surface area (Å²) in [5.41, 5.74) is 0.574. The van der Waals surface area contributed by atoms with Crippen LogP contribution in [0.1, 0.15) is 13.3 Å². The van der Waals surface area contributed by atoms with Gasteiger partial charge in [-0.3, -0.25) is 5.32 Å². The second kappa shape index (κ2) is 6.17. The van der Waals surface area contributed by atoms with Crippen molar-refractivity contribution in [1.82, 2.24) is 0 Å². The Kier molecular flexibility index (Phi) is 5.17. The Balaban J connectivity index is 2.63. The lowest BCUT2D eigenvalue weighted by Gasteiger charge is -2.07. The summed E-state index contributed by atoms with van der Waals surface area (Å²) in [6.45, 7) is 2.35. The van der Waals surface area contributed by atoms with Crippen LogP contribution in [0.2, 0.25) is 5.02 Å². The van der Waals surface area contributed by atoms with Gasteiger partial charge in [0.05, 0.1) is 17.3 Å². The van der Waals surface area contributed by atoms with E-state index in [-0.39, 0.29) is 0 Å². The maximum atomic E-state index is 11.2. The number of anilines is 1. The van der Waals surface area contributed by atoms with Gasteiger partial charge < -0.3 is 4.74 Å². The Labute approximate surface area is 107 Å². The van der Waals surface area contributed by atoms with Gasteiger partial charge in [-0.2, -0.15) is 0 Å². The Morgan fingerprint density at radius 1 is 1.60 bits per heavy atom. The van der Waals surface area contributed by atoms with Gasteiger partial charge in [0.25, 0.3) is 0 Å². The van der Waals surface area contributed by atoms with E-state index in [9.17, 15) is 4.79 Å². The van der Waals surface area contributed by atoms with Crippen molar-refractivity contribution in [1.29, 1.82) is 0 Å². The van der Waals surface area contributed by atoms with E-state index in [1.165, 1.54) is 0 Å². The average Bonchev–Trinajstić information content (AvgIpc) is 2.20. The molecule has 0 aliphatic heterocycles. The van der Waals surface area contributed by atoms with Gasteiger partial charge in [-0.1, -0.05) is 18.5 Å². The van der Waals surface area contributed by atoms with Crippen LogP contribution in [0.4, 0.5) is 10.5 Å². The van der Waals surface area contributed by atoms with Gasteiger partial charge in [-0.15, -0.1) is 0 Å². The van der Waals surface area contributed by atoms with E-state index in [2.05, 4.69) is 27.9 Å². The van der Waals surface area contributed by atoms with Crippen LogP contribution in [0.3, 0.4) is 0 Å². The van der Waals surface area contributed by atoms with Gasteiger partial charge in [0.2, 0.25) is 0 Å². The molecular formula is C10H11ClINO2. The third-order valence-corrected chi connectivity index (χ3v) is 2.60. The largest absolute Gasteiger partial charge is 0.449 e. The molecule has 0 radical (unpaired) electrons. The van der Waals surface area contributed by atoms with Crippen molar-refractivity contribution in [2.45, 2.75) is 13.3 Å². The van der Waals surface area contributed by atoms with Crippen molar-refractivity contribution in [3.8, 4) is 0 Å². The summed E-state index contributed by atoms with van der Waals surface area (Å²) < 4.78 is 5.88. The molecule has 0 bridgehead atoms. The standard InChI is InChI=1S/C10H11ClINO2/c1-2-5-15-10(14)13-9-6-7(12)3-4-8(9)11/h3-4,6H,2,5H2,1H3,(H,13,14). The van der Waals surface area contributed by atoms with Gasteiger partial charge in [-0.25, -0.2) is 4.79 Å². The van der Waals surface area contributed by atoms with E-state index in [1.54, 1.807) is 12.1 Å². The summed E-state index contributed by atoms with van der Waals surface area (Å²) >= 11 is 8.05. The minimum absolute atomic E-state index is 0.410. The topological polar surface area (TPSA) is 38.3 Å². The van der Waals surface area contributed by atoms with Crippen LogP contribution in [-0.4, -0.2) is 12.7 Å². The number of hydrogen-bond acceptors (Lipinski definition) is 2. The molecular weight excluding hydrogens is 328 g/mol. The minimum Gasteiger partial charge on any atom is -0.449 e. The number of carbonyl (C=O) groups excluding carboxylic acids is 1. The second-order valence-corrected chi connectivity index (χ2v) is 4.54. The highest BCUT2D eigenvalue weighted by molar-refractivity contribution is 14.1. The van der Waals surface area contributed by atoms with Gasteiger partial charge in [-0.05, 0) is 47.2 Å². The Hall–Kier alpha value is -0.490. The number of benzene rings is 1. The van der Waals surface area contributed by atoms with Crippen LogP contribution >= 0.6 is 34.2 Å². The normalized spacial score (nSPS) is 9.80. The lowest BCUT2D eigenvalue weighted by molar-refractivity contribution is 0.161. The van der Waals surface area contributed by atoms with Crippen LogP contribution in [0.15, 0.2) is 18.2 Å². The molecule has 0 unspecified atom stereocenters. The molecule has 0 spiro atoms. The number of halogens is 2. The summed E-state index contributed by atoms with van der Waals surface area (Å²) in [5, 5.41) is 3.09. The lowest BCUT2D eigenvalue weighted by atomic mass is 10.3. The molecule has 5 heteroatoms. The summed E-state index contributed by atoms with van der Waals surface area (Å²) in [6.07, 6.45) is 0.328. The lowest BCUT2D eigenvalue weighted by Crippen LogP contribution is -2.14. The minimum atomic E-state index is -0.472. The zero-order chi connectivity index (χ0) is 11.3. The highest BCUT2D eigenvalue weighted by Crippen LogP contribution is 2.23. The third-order valence-electron chi connectivity index (χ3n) is 1.60. The molecule has 82 valence electrons. The number of nitrogens with one attached hydrogen (secondary N) is 1. The Bertz CT molecular complexity index is 357. The summed E-state index contributed by atoms with van der Waals surface area (Å²) in [7, 11) is 0. The first-order valence-corrected chi connectivity index (χ1v) is 5.98. The molecule has 1 amide bonds. The van der Waals surface area contributed by atoms with Crippen LogP contribution in [0, 0.1) is 3.57 Å². The predicted octanol–water partition coefficient (Wildman–Crippen LogP) is 3.90. The van der Waals surface area contributed by atoms with Crippen molar-refractivity contribution in [3.63, 3.8) is 0 Å². The van der Waals surface area contributed by atoms with Crippen molar-refractivity contribution in [2.75, 3.05) is 11.9 Å². The van der Waals surface area contributed by atoms with Crippen molar-refractivity contribution >= 4 is 46.0 Å². The molecule has 0 aromatic heterocycles. The fourth-order valence-corrected chi connectivity index (χ4v) is 1.59. The second-order valence-electron chi connectivity index (χ2n) is 2.89. The van der Waals surface area contributed by atoms with Crippen LogP contribution in [0.25, 0.3) is 0 Å². The van der Waals surface area contributed by atoms with Crippen LogP contribution in [0.5, 0.6) is 0 Å². The highest BCUT2D eigenvalue weighted by atomic mass is 127. The van der Waals surface area contributed by atoms with E-state index in [0.29, 0.717) is 17.3 Å². The van der Waals surface area contributed by atoms with Gasteiger partial charge in [0.15, 0.2) is 0 Å². The van der Waals surface area contributed by atoms with E-state index >= 15 is 0 Å². The monoisotopic (exact) mass is 339 g/mol. The average molecular weight is 340 g/mol. The van der Waals surface area contributed by atoms with Crippen molar-refractivity contribution in [2.24, 2.45) is 0 Å². The molecule has 0 fully saturated rings. The smallest absolute Gasteiger partial charge is 0.411 e. The Morgan fingerprint density at radius 2 is 2.33 bits per heavy atom. The molecule has 15 heavy (non-hydrogen) atoms. The maximum absolute atomic E-state index is 11.2. The van der Waals surface area contributed by atoms with E-state index in [1.807, 2.05) is 13.0 Å². The molecule has 1 rings (SSSR count). The van der Waals surface area contributed by atoms with Gasteiger partial charge in [0.1, 0.15) is 0 Å². The SMILES string of the molecule is CCCOC(=O)Nc1cc(I)ccc1Cl. The molecule has 0 aliphatic carbocycles. The molecule has 0 saturated carbocycles. The van der Waals surface area contributed by atoms with E-state index in [0.717, 1.165) is 9.99 Å². The predicted molar refractivity (Wildman–Crippen MR) is 69.4 cm³/mol. The molecule has 1 aromatic rings. The van der Waals surface area contributed by atoms with Gasteiger partial charge >= 0.3 is 6.09 Å². The number of amides is 1. The summed E-state index contributed by atoms with van der Waals surface area (Å²) in [5.74, 6) is 0. The highest BCUT2D eigenvalue weighted by Gasteiger charge is 2.06. The molecule has 0 saturated heterocycles. The summed E-state index contributed by atoms with van der Waals surface area (Å²) in [6, 6.07) is 5.39. The van der Waals surface area contributed by atoms with Crippen molar-refractivity contribution < 1.29 is 9.53 Å². The first kappa shape index (κ1) is 12.6. The van der Waals surface area contributed by atoms with Gasteiger partial charge in [0, 0.05) is 3.57 Å². The van der Waals surface area contributed by atoms with Crippen LogP contribution in [-0.2, 0) is 4.74 Å². The van der Waals surface area contributed by atoms with E-state index < -0.39 is 6.09 Å². The molecule has 1 N–H and O–H groups in total. The maximum Gasteiger partial charge on any atom is 0.411 e. The number of rotatable bonds is 3. The molecule has 3 nitrogen and oxygen atoms in total. The number of hydrogen-bond donors (Lipinski definition) is 1. The summed E-state index contributed by atoms with van der Waals surface area (Å²) in [4.78, 5) is 11.2. The zero-order valence-electron chi connectivity index (χ0n) is 8.22. The first-order valence-electron chi connectivity index (χ1n) is 4.52. The fourth-order valence-electron chi connectivity index (χ4n) is 0.934. The third kappa shape index (κ3) is 4.25. The zero-order valence-corrected chi connectivity index (χ0v) is 11.1. The quantitative estimate of drug-likeness (QED) is 0.848. The molecule has 0 aliphatic rings. The van der Waals surface area contributed by atoms with E-state index in [4.69, 9.17) is 16.3 Å². The van der Waals surface area contributed by atoms with Crippen molar-refractivity contribution in [3.05, 3.63) is 26.8 Å². The number of ether oxygens (including phenoxy) is 1. The van der Waals surface area contributed by atoms with Crippen LogP contribution < -0.4 is 5.32 Å². The molecule has 0 heterocycles. The number of carbonyl (C=O) groups is 1. The molecule has 1 aromatic carbocycles. The fraction of sp³-hybridized carbons (Fsp3) is 0.300. The Morgan fingerprint density at radius 3 is 3.00 bits per heavy atom. The molecule has 0 atom stereocenters. The first-order chi connectivity index (χ1) is 7.13.